The molecule has 12 heavy (non-hydrogen) atoms. The highest BCUT2D eigenvalue weighted by molar-refractivity contribution is 5.79. The van der Waals surface area contributed by atoms with E-state index in [2.05, 4.69) is 11.1 Å². The van der Waals surface area contributed by atoms with Crippen LogP contribution in [0.4, 0.5) is 0 Å². The Labute approximate surface area is 74.3 Å². The van der Waals surface area contributed by atoms with Crippen molar-refractivity contribution < 1.29 is 0 Å². The van der Waals surface area contributed by atoms with E-state index >= 15 is 0 Å². The van der Waals surface area contributed by atoms with Gasteiger partial charge in [0.15, 0.2) is 0 Å². The number of nitrogens with zero attached hydrogens (tertiary/aromatic N) is 2. The monoisotopic (exact) mass is 164 g/mol. The second kappa shape index (κ2) is 3.71. The summed E-state index contributed by atoms with van der Waals surface area (Å²) in [4.78, 5) is 4.44. The first-order chi connectivity index (χ1) is 5.68. The summed E-state index contributed by atoms with van der Waals surface area (Å²) >= 11 is 0. The number of rotatable bonds is 1. The Morgan fingerprint density at radius 2 is 1.83 bits per heavy atom. The van der Waals surface area contributed by atoms with Crippen LogP contribution in [0.2, 0.25) is 0 Å². The maximum absolute atomic E-state index is 9.03. The molecular formula is C10H16N2. The Hall–Kier alpha value is -0.840. The molecule has 0 radical (unpaired) electrons. The highest BCUT2D eigenvalue weighted by Gasteiger charge is 2.30. The van der Waals surface area contributed by atoms with Crippen molar-refractivity contribution >= 4 is 5.71 Å². The number of hydrogen-bond acceptors (Lipinski definition) is 2. The topological polar surface area (TPSA) is 36.1 Å². The summed E-state index contributed by atoms with van der Waals surface area (Å²) in [5, 5.41) is 9.03. The standard InChI is InChI=1S/C10H16N2/c1-9(2)12-10(8-11)6-4-3-5-7-10/h3-7H2,1-2H3. The molecule has 0 spiro atoms. The molecule has 1 rings (SSSR count). The molecule has 0 N–H and O–H groups in total. The lowest BCUT2D eigenvalue weighted by molar-refractivity contribution is 0.369. The van der Waals surface area contributed by atoms with Crippen molar-refractivity contribution in [3.05, 3.63) is 0 Å². The maximum atomic E-state index is 9.03. The second-order valence-corrected chi connectivity index (χ2v) is 3.76. The predicted molar refractivity (Wildman–Crippen MR) is 50.2 cm³/mol. The van der Waals surface area contributed by atoms with Gasteiger partial charge in [0.25, 0.3) is 0 Å². The lowest BCUT2D eigenvalue weighted by Gasteiger charge is -2.26. The predicted octanol–water partition coefficient (Wildman–Crippen LogP) is 2.69. The lowest BCUT2D eigenvalue weighted by atomic mass is 9.83. The molecule has 1 aliphatic carbocycles. The second-order valence-electron chi connectivity index (χ2n) is 3.76. The number of nitriles is 1. The normalized spacial score (nSPS) is 21.1. The lowest BCUT2D eigenvalue weighted by Crippen LogP contribution is -2.28. The zero-order valence-electron chi connectivity index (χ0n) is 7.93. The molecule has 0 saturated heterocycles. The van der Waals surface area contributed by atoms with Crippen molar-refractivity contribution in [2.75, 3.05) is 0 Å². The van der Waals surface area contributed by atoms with Crippen LogP contribution >= 0.6 is 0 Å². The average Bonchev–Trinajstić information content (AvgIpc) is 2.05. The minimum absolute atomic E-state index is 0.364. The Morgan fingerprint density at radius 1 is 1.25 bits per heavy atom. The SMILES string of the molecule is CC(C)=NC1(C#N)CCCCC1. The van der Waals surface area contributed by atoms with E-state index in [1.807, 2.05) is 13.8 Å². The van der Waals surface area contributed by atoms with Crippen LogP contribution in [0, 0.1) is 11.3 Å². The molecule has 0 heterocycles. The molecular weight excluding hydrogens is 148 g/mol. The molecule has 0 aromatic carbocycles. The van der Waals surface area contributed by atoms with Gasteiger partial charge in [-0.05, 0) is 39.5 Å². The summed E-state index contributed by atoms with van der Waals surface area (Å²) in [5.74, 6) is 0. The van der Waals surface area contributed by atoms with Crippen molar-refractivity contribution in [3.63, 3.8) is 0 Å². The smallest absolute Gasteiger partial charge is 0.146 e. The van der Waals surface area contributed by atoms with Crippen molar-refractivity contribution in [1.82, 2.24) is 0 Å². The Kier molecular flexibility index (Phi) is 2.86. The maximum Gasteiger partial charge on any atom is 0.146 e. The molecule has 2 heteroatoms. The minimum atomic E-state index is -0.364. The summed E-state index contributed by atoms with van der Waals surface area (Å²) in [6.45, 7) is 3.93. The van der Waals surface area contributed by atoms with E-state index in [1.165, 1.54) is 6.42 Å². The van der Waals surface area contributed by atoms with Gasteiger partial charge >= 0.3 is 0 Å². The first kappa shape index (κ1) is 9.25. The fourth-order valence-electron chi connectivity index (χ4n) is 1.81. The number of hydrogen-bond donors (Lipinski definition) is 0. The molecule has 0 aliphatic heterocycles. The highest BCUT2D eigenvalue weighted by atomic mass is 14.9. The Balaban J connectivity index is 2.75. The van der Waals surface area contributed by atoms with Crippen LogP contribution in [0.1, 0.15) is 46.0 Å². The van der Waals surface area contributed by atoms with E-state index in [4.69, 9.17) is 5.26 Å². The third-order valence-corrected chi connectivity index (χ3v) is 2.33. The largest absolute Gasteiger partial charge is 0.273 e. The summed E-state index contributed by atoms with van der Waals surface area (Å²) in [6, 6.07) is 2.36. The zero-order valence-corrected chi connectivity index (χ0v) is 7.93. The van der Waals surface area contributed by atoms with Crippen molar-refractivity contribution in [2.24, 2.45) is 4.99 Å². The molecule has 0 amide bonds. The van der Waals surface area contributed by atoms with Gasteiger partial charge in [0.05, 0.1) is 6.07 Å². The van der Waals surface area contributed by atoms with Crippen LogP contribution in [-0.4, -0.2) is 11.3 Å². The molecule has 1 aliphatic rings. The van der Waals surface area contributed by atoms with Crippen LogP contribution in [0.5, 0.6) is 0 Å². The van der Waals surface area contributed by atoms with Gasteiger partial charge < -0.3 is 0 Å². The third-order valence-electron chi connectivity index (χ3n) is 2.33. The first-order valence-corrected chi connectivity index (χ1v) is 4.63. The van der Waals surface area contributed by atoms with E-state index in [1.54, 1.807) is 0 Å². The third kappa shape index (κ3) is 2.07. The summed E-state index contributed by atoms with van der Waals surface area (Å²) in [6.07, 6.45) is 5.49. The van der Waals surface area contributed by atoms with Gasteiger partial charge in [-0.1, -0.05) is 6.42 Å². The fourth-order valence-corrected chi connectivity index (χ4v) is 1.81. The van der Waals surface area contributed by atoms with Crippen LogP contribution < -0.4 is 0 Å². The van der Waals surface area contributed by atoms with E-state index < -0.39 is 0 Å². The quantitative estimate of drug-likeness (QED) is 0.549. The zero-order chi connectivity index (χ0) is 9.03. The van der Waals surface area contributed by atoms with E-state index in [0.717, 1.165) is 31.4 Å². The van der Waals surface area contributed by atoms with E-state index in [9.17, 15) is 0 Å². The van der Waals surface area contributed by atoms with Crippen molar-refractivity contribution in [1.29, 1.82) is 5.26 Å². The van der Waals surface area contributed by atoms with Gasteiger partial charge in [-0.15, -0.1) is 0 Å². The highest BCUT2D eigenvalue weighted by Crippen LogP contribution is 2.31. The first-order valence-electron chi connectivity index (χ1n) is 4.63. The average molecular weight is 164 g/mol. The molecule has 1 fully saturated rings. The van der Waals surface area contributed by atoms with Crippen LogP contribution in [0.25, 0.3) is 0 Å². The van der Waals surface area contributed by atoms with Crippen LogP contribution in [0.15, 0.2) is 4.99 Å². The van der Waals surface area contributed by atoms with Gasteiger partial charge in [-0.2, -0.15) is 5.26 Å². The van der Waals surface area contributed by atoms with Gasteiger partial charge in [0, 0.05) is 5.71 Å². The summed E-state index contributed by atoms with van der Waals surface area (Å²) in [7, 11) is 0. The summed E-state index contributed by atoms with van der Waals surface area (Å²) < 4.78 is 0. The minimum Gasteiger partial charge on any atom is -0.273 e. The van der Waals surface area contributed by atoms with Gasteiger partial charge in [0.1, 0.15) is 5.54 Å². The van der Waals surface area contributed by atoms with Gasteiger partial charge in [-0.25, -0.2) is 0 Å². The van der Waals surface area contributed by atoms with E-state index in [0.29, 0.717) is 0 Å². The molecule has 0 bridgehead atoms. The van der Waals surface area contributed by atoms with Crippen LogP contribution in [0.3, 0.4) is 0 Å². The Bertz CT molecular complexity index is 212. The summed E-state index contributed by atoms with van der Waals surface area (Å²) in [5.41, 5.74) is 0.662. The van der Waals surface area contributed by atoms with E-state index in [-0.39, 0.29) is 5.54 Å². The molecule has 2 nitrogen and oxygen atoms in total. The van der Waals surface area contributed by atoms with Crippen molar-refractivity contribution in [3.8, 4) is 6.07 Å². The molecule has 66 valence electrons. The van der Waals surface area contributed by atoms with Gasteiger partial charge in [0.2, 0.25) is 0 Å². The molecule has 1 saturated carbocycles. The molecule has 0 aromatic heterocycles. The fraction of sp³-hybridized carbons (Fsp3) is 0.800. The molecule has 0 unspecified atom stereocenters. The molecule has 0 aromatic rings. The number of aliphatic imine (C=N–C) groups is 1. The molecule has 0 atom stereocenters. The van der Waals surface area contributed by atoms with Gasteiger partial charge in [-0.3, -0.25) is 4.99 Å². The van der Waals surface area contributed by atoms with Crippen molar-refractivity contribution in [2.45, 2.75) is 51.5 Å². The Morgan fingerprint density at radius 3 is 2.25 bits per heavy atom. The van der Waals surface area contributed by atoms with Crippen LogP contribution in [-0.2, 0) is 0 Å².